The molecule has 0 radical (unpaired) electrons. The van der Waals surface area contributed by atoms with E-state index in [1.165, 1.54) is 5.56 Å². The van der Waals surface area contributed by atoms with Crippen molar-refractivity contribution in [3.05, 3.63) is 66.1 Å². The van der Waals surface area contributed by atoms with Gasteiger partial charge in [0.2, 0.25) is 0 Å². The van der Waals surface area contributed by atoms with Crippen LogP contribution in [0.25, 0.3) is 28.4 Å². The fourth-order valence-electron chi connectivity index (χ4n) is 2.57. The normalized spacial score (nSPS) is 11.2. The summed E-state index contributed by atoms with van der Waals surface area (Å²) in [6.07, 6.45) is 1.78. The maximum Gasteiger partial charge on any atom is 0.183 e. The molecule has 0 bridgehead atoms. The highest BCUT2D eigenvalue weighted by molar-refractivity contribution is 5.78. The zero-order valence-corrected chi connectivity index (χ0v) is 12.4. The van der Waals surface area contributed by atoms with E-state index in [0.717, 1.165) is 34.2 Å². The largest absolute Gasteiger partial charge is 0.458 e. The fraction of sp³-hybridized carbons (Fsp3) is 0.111. The Bertz CT molecular complexity index is 948. The molecule has 1 aromatic carbocycles. The molecule has 0 saturated carbocycles. The number of nitrogens with zero attached hydrogens (tertiary/aromatic N) is 3. The standard InChI is InChI=1S/C18H15N3O/c1-12-5-8-14(9-6-12)21-17-15(4-3-11-19-17)20-18(21)16-10-7-13(2)22-16/h3-11H,1-2H3. The van der Waals surface area contributed by atoms with Crippen LogP contribution in [0.15, 0.2) is 59.1 Å². The molecule has 0 atom stereocenters. The summed E-state index contributed by atoms with van der Waals surface area (Å²) in [5.74, 6) is 2.38. The molecule has 0 saturated heterocycles. The van der Waals surface area contributed by atoms with Gasteiger partial charge >= 0.3 is 0 Å². The SMILES string of the molecule is Cc1ccc(-n2c(-c3ccc(C)o3)nc3cccnc32)cc1. The number of aryl methyl sites for hydroxylation is 2. The van der Waals surface area contributed by atoms with Gasteiger partial charge in [0, 0.05) is 11.9 Å². The van der Waals surface area contributed by atoms with Crippen molar-refractivity contribution >= 4 is 11.2 Å². The van der Waals surface area contributed by atoms with E-state index in [0.29, 0.717) is 0 Å². The van der Waals surface area contributed by atoms with Crippen molar-refractivity contribution in [1.82, 2.24) is 14.5 Å². The Morgan fingerprint density at radius 1 is 0.955 bits per heavy atom. The first kappa shape index (κ1) is 12.8. The maximum atomic E-state index is 5.77. The Labute approximate surface area is 128 Å². The number of fused-ring (bicyclic) bond motifs is 1. The van der Waals surface area contributed by atoms with Gasteiger partial charge in [0.1, 0.15) is 11.3 Å². The second-order valence-corrected chi connectivity index (χ2v) is 5.36. The smallest absolute Gasteiger partial charge is 0.183 e. The van der Waals surface area contributed by atoms with E-state index < -0.39 is 0 Å². The Balaban J connectivity index is 2.03. The average molecular weight is 289 g/mol. The van der Waals surface area contributed by atoms with Crippen molar-refractivity contribution in [3.63, 3.8) is 0 Å². The maximum absolute atomic E-state index is 5.77. The molecule has 4 aromatic rings. The van der Waals surface area contributed by atoms with Gasteiger partial charge < -0.3 is 4.42 Å². The van der Waals surface area contributed by atoms with Crippen molar-refractivity contribution in [2.75, 3.05) is 0 Å². The van der Waals surface area contributed by atoms with Crippen LogP contribution in [0.2, 0.25) is 0 Å². The zero-order chi connectivity index (χ0) is 15.1. The third-order valence-electron chi connectivity index (χ3n) is 3.67. The number of hydrogen-bond donors (Lipinski definition) is 0. The predicted octanol–water partition coefficient (Wildman–Crippen LogP) is 4.30. The van der Waals surface area contributed by atoms with Crippen LogP contribution in [0.3, 0.4) is 0 Å². The summed E-state index contributed by atoms with van der Waals surface area (Å²) in [5.41, 5.74) is 3.93. The highest BCUT2D eigenvalue weighted by Crippen LogP contribution is 2.28. The third-order valence-corrected chi connectivity index (χ3v) is 3.67. The molecule has 0 N–H and O–H groups in total. The van der Waals surface area contributed by atoms with Crippen molar-refractivity contribution in [3.8, 4) is 17.3 Å². The molecule has 0 fully saturated rings. The summed E-state index contributed by atoms with van der Waals surface area (Å²) < 4.78 is 7.81. The lowest BCUT2D eigenvalue weighted by molar-refractivity contribution is 0.543. The van der Waals surface area contributed by atoms with E-state index in [1.807, 2.05) is 35.8 Å². The van der Waals surface area contributed by atoms with Crippen molar-refractivity contribution in [2.24, 2.45) is 0 Å². The van der Waals surface area contributed by atoms with Gasteiger partial charge in [-0.25, -0.2) is 9.97 Å². The zero-order valence-electron chi connectivity index (χ0n) is 12.4. The topological polar surface area (TPSA) is 43.9 Å². The van der Waals surface area contributed by atoms with Gasteiger partial charge in [0.15, 0.2) is 17.2 Å². The Kier molecular flexibility index (Phi) is 2.82. The van der Waals surface area contributed by atoms with Crippen molar-refractivity contribution in [2.45, 2.75) is 13.8 Å². The molecule has 108 valence electrons. The lowest BCUT2D eigenvalue weighted by Gasteiger charge is -2.07. The van der Waals surface area contributed by atoms with Crippen LogP contribution in [0.1, 0.15) is 11.3 Å². The van der Waals surface area contributed by atoms with Crippen molar-refractivity contribution in [1.29, 1.82) is 0 Å². The van der Waals surface area contributed by atoms with E-state index in [4.69, 9.17) is 9.40 Å². The monoisotopic (exact) mass is 289 g/mol. The van der Waals surface area contributed by atoms with Crippen LogP contribution in [0.5, 0.6) is 0 Å². The molecular weight excluding hydrogens is 274 g/mol. The van der Waals surface area contributed by atoms with E-state index in [2.05, 4.69) is 36.2 Å². The summed E-state index contributed by atoms with van der Waals surface area (Å²) in [6.45, 7) is 4.01. The molecule has 0 aliphatic rings. The first-order chi connectivity index (χ1) is 10.7. The lowest BCUT2D eigenvalue weighted by Crippen LogP contribution is -1.98. The third kappa shape index (κ3) is 2.00. The van der Waals surface area contributed by atoms with Gasteiger partial charge in [-0.2, -0.15) is 0 Å². The summed E-state index contributed by atoms with van der Waals surface area (Å²) in [6, 6.07) is 16.1. The lowest BCUT2D eigenvalue weighted by atomic mass is 10.2. The first-order valence-electron chi connectivity index (χ1n) is 7.20. The highest BCUT2D eigenvalue weighted by atomic mass is 16.3. The van der Waals surface area contributed by atoms with Crippen LogP contribution in [0, 0.1) is 13.8 Å². The van der Waals surface area contributed by atoms with Gasteiger partial charge in [-0.1, -0.05) is 17.7 Å². The molecule has 0 spiro atoms. The minimum atomic E-state index is 0.746. The molecule has 0 unspecified atom stereocenters. The fourth-order valence-corrected chi connectivity index (χ4v) is 2.57. The minimum Gasteiger partial charge on any atom is -0.458 e. The Morgan fingerprint density at radius 2 is 1.77 bits per heavy atom. The molecule has 4 nitrogen and oxygen atoms in total. The number of pyridine rings is 1. The first-order valence-corrected chi connectivity index (χ1v) is 7.20. The van der Waals surface area contributed by atoms with Gasteiger partial charge in [-0.3, -0.25) is 4.57 Å². The summed E-state index contributed by atoms with van der Waals surface area (Å²) in [7, 11) is 0. The van der Waals surface area contributed by atoms with Gasteiger partial charge in [-0.05, 0) is 50.2 Å². The van der Waals surface area contributed by atoms with Crippen LogP contribution in [-0.4, -0.2) is 14.5 Å². The molecule has 22 heavy (non-hydrogen) atoms. The Hall–Kier alpha value is -2.88. The average Bonchev–Trinajstić information content (AvgIpc) is 3.11. The molecule has 3 aromatic heterocycles. The Morgan fingerprint density at radius 3 is 2.50 bits per heavy atom. The van der Waals surface area contributed by atoms with Gasteiger partial charge in [0.05, 0.1) is 0 Å². The summed E-state index contributed by atoms with van der Waals surface area (Å²) >= 11 is 0. The summed E-state index contributed by atoms with van der Waals surface area (Å²) in [4.78, 5) is 9.19. The molecule has 0 aliphatic heterocycles. The quantitative estimate of drug-likeness (QED) is 0.552. The molecular formula is C18H15N3O. The van der Waals surface area contributed by atoms with E-state index in [1.54, 1.807) is 6.20 Å². The second-order valence-electron chi connectivity index (χ2n) is 5.36. The molecule has 0 aliphatic carbocycles. The van der Waals surface area contributed by atoms with Gasteiger partial charge in [0.25, 0.3) is 0 Å². The number of benzene rings is 1. The predicted molar refractivity (Wildman–Crippen MR) is 86.0 cm³/mol. The molecule has 0 amide bonds. The summed E-state index contributed by atoms with van der Waals surface area (Å²) in [5, 5.41) is 0. The molecule has 4 rings (SSSR count). The highest BCUT2D eigenvalue weighted by Gasteiger charge is 2.17. The van der Waals surface area contributed by atoms with Crippen LogP contribution in [-0.2, 0) is 0 Å². The number of hydrogen-bond acceptors (Lipinski definition) is 3. The number of imidazole rings is 1. The van der Waals surface area contributed by atoms with E-state index in [9.17, 15) is 0 Å². The number of furan rings is 1. The van der Waals surface area contributed by atoms with E-state index in [-0.39, 0.29) is 0 Å². The number of aromatic nitrogens is 3. The van der Waals surface area contributed by atoms with Crippen LogP contribution < -0.4 is 0 Å². The minimum absolute atomic E-state index is 0.746. The second kappa shape index (κ2) is 4.84. The van der Waals surface area contributed by atoms with Gasteiger partial charge in [-0.15, -0.1) is 0 Å². The van der Waals surface area contributed by atoms with Crippen molar-refractivity contribution < 1.29 is 4.42 Å². The van der Waals surface area contributed by atoms with E-state index >= 15 is 0 Å². The number of rotatable bonds is 2. The van der Waals surface area contributed by atoms with Crippen LogP contribution >= 0.6 is 0 Å². The molecule has 4 heteroatoms. The molecule has 3 heterocycles. The van der Waals surface area contributed by atoms with Crippen LogP contribution in [0.4, 0.5) is 0 Å².